The second-order valence-electron chi connectivity index (χ2n) is 5.39. The van der Waals surface area contributed by atoms with Gasteiger partial charge in [-0.2, -0.15) is 0 Å². The summed E-state index contributed by atoms with van der Waals surface area (Å²) >= 11 is 0. The van der Waals surface area contributed by atoms with Crippen LogP contribution in [0.15, 0.2) is 36.4 Å². The second-order valence-corrected chi connectivity index (χ2v) is 5.39. The Morgan fingerprint density at radius 3 is 2.89 bits per heavy atom. The molecule has 2 atom stereocenters. The van der Waals surface area contributed by atoms with Crippen molar-refractivity contribution in [2.24, 2.45) is 5.92 Å². The van der Waals surface area contributed by atoms with Gasteiger partial charge in [0.25, 0.3) is 0 Å². The number of aliphatic hydroxyl groups excluding tert-OH is 1. The van der Waals surface area contributed by atoms with Crippen molar-refractivity contribution in [2.75, 3.05) is 0 Å². The van der Waals surface area contributed by atoms with Crippen molar-refractivity contribution in [3.8, 4) is 0 Å². The van der Waals surface area contributed by atoms with E-state index in [1.54, 1.807) is 0 Å². The Labute approximate surface area is 108 Å². The van der Waals surface area contributed by atoms with E-state index < -0.39 is 0 Å². The van der Waals surface area contributed by atoms with Gasteiger partial charge >= 0.3 is 0 Å². The molecule has 1 heterocycles. The predicted octanol–water partition coefficient (Wildman–Crippen LogP) is 3.33. The molecule has 2 aromatic rings. The molecule has 2 heteroatoms. The second kappa shape index (κ2) is 5.07. The Morgan fingerprint density at radius 2 is 2.00 bits per heavy atom. The number of hydrogen-bond acceptors (Lipinski definition) is 2. The van der Waals surface area contributed by atoms with Gasteiger partial charge < -0.3 is 5.11 Å². The molecule has 0 spiro atoms. The van der Waals surface area contributed by atoms with Crippen LogP contribution in [0.25, 0.3) is 10.9 Å². The van der Waals surface area contributed by atoms with Crippen LogP contribution in [0.1, 0.15) is 31.4 Å². The average Bonchev–Trinajstić information content (AvgIpc) is 2.39. The average molecular weight is 241 g/mol. The Kier molecular flexibility index (Phi) is 3.28. The lowest BCUT2D eigenvalue weighted by molar-refractivity contribution is 0.101. The van der Waals surface area contributed by atoms with Crippen LogP contribution in [0.2, 0.25) is 0 Å². The molecule has 1 fully saturated rings. The van der Waals surface area contributed by atoms with Gasteiger partial charge in [0, 0.05) is 11.1 Å². The zero-order valence-electron chi connectivity index (χ0n) is 10.5. The summed E-state index contributed by atoms with van der Waals surface area (Å²) in [4.78, 5) is 4.71. The fourth-order valence-electron chi connectivity index (χ4n) is 2.97. The van der Waals surface area contributed by atoms with Crippen molar-refractivity contribution >= 4 is 10.9 Å². The van der Waals surface area contributed by atoms with Crippen molar-refractivity contribution in [1.82, 2.24) is 4.98 Å². The molecule has 3 rings (SSSR count). The lowest BCUT2D eigenvalue weighted by Gasteiger charge is -2.25. The van der Waals surface area contributed by atoms with Crippen LogP contribution < -0.4 is 0 Å². The summed E-state index contributed by atoms with van der Waals surface area (Å²) in [6, 6.07) is 12.5. The van der Waals surface area contributed by atoms with E-state index in [1.807, 2.05) is 12.1 Å². The highest BCUT2D eigenvalue weighted by Crippen LogP contribution is 2.27. The summed E-state index contributed by atoms with van der Waals surface area (Å²) in [7, 11) is 0. The van der Waals surface area contributed by atoms with Crippen molar-refractivity contribution < 1.29 is 5.11 Å². The minimum Gasteiger partial charge on any atom is -0.393 e. The Bertz CT molecular complexity index is 537. The molecule has 0 radical (unpaired) electrons. The van der Waals surface area contributed by atoms with Gasteiger partial charge in [0.1, 0.15) is 0 Å². The van der Waals surface area contributed by atoms with Crippen LogP contribution in [0.3, 0.4) is 0 Å². The van der Waals surface area contributed by atoms with Crippen molar-refractivity contribution in [3.05, 3.63) is 42.1 Å². The Morgan fingerprint density at radius 1 is 1.11 bits per heavy atom. The summed E-state index contributed by atoms with van der Waals surface area (Å²) in [6.45, 7) is 0. The molecule has 1 aromatic heterocycles. The molecule has 0 saturated heterocycles. The van der Waals surface area contributed by atoms with Crippen LogP contribution in [0, 0.1) is 5.92 Å². The van der Waals surface area contributed by atoms with Crippen LogP contribution in [0.5, 0.6) is 0 Å². The summed E-state index contributed by atoms with van der Waals surface area (Å²) in [5, 5.41) is 10.9. The number of aromatic nitrogens is 1. The quantitative estimate of drug-likeness (QED) is 0.874. The standard InChI is InChI=1S/C16H19NO/c18-15-6-3-4-12(11-15)10-14-9-8-13-5-1-2-7-16(13)17-14/h1-2,5,7-9,12,15,18H,3-4,6,10-11H2. The van der Waals surface area contributed by atoms with Gasteiger partial charge in [-0.1, -0.05) is 30.7 Å². The highest BCUT2D eigenvalue weighted by Gasteiger charge is 2.20. The zero-order chi connectivity index (χ0) is 12.4. The normalized spacial score (nSPS) is 24.3. The minimum absolute atomic E-state index is 0.0933. The number of fused-ring (bicyclic) bond motifs is 1. The lowest BCUT2D eigenvalue weighted by Crippen LogP contribution is -2.21. The maximum Gasteiger partial charge on any atom is 0.0705 e. The van der Waals surface area contributed by atoms with E-state index in [0.717, 1.165) is 36.9 Å². The third-order valence-electron chi connectivity index (χ3n) is 3.91. The molecule has 1 aliphatic carbocycles. The number of pyridine rings is 1. The first-order valence-corrected chi connectivity index (χ1v) is 6.84. The van der Waals surface area contributed by atoms with E-state index in [4.69, 9.17) is 4.98 Å². The molecule has 18 heavy (non-hydrogen) atoms. The minimum atomic E-state index is -0.0933. The number of benzene rings is 1. The topological polar surface area (TPSA) is 33.1 Å². The fourth-order valence-corrected chi connectivity index (χ4v) is 2.97. The van der Waals surface area contributed by atoms with Gasteiger partial charge in [0.15, 0.2) is 0 Å². The van der Waals surface area contributed by atoms with Gasteiger partial charge in [-0.05, 0) is 43.7 Å². The van der Waals surface area contributed by atoms with E-state index >= 15 is 0 Å². The fraction of sp³-hybridized carbons (Fsp3) is 0.438. The molecular formula is C16H19NO. The third kappa shape index (κ3) is 2.54. The molecule has 0 bridgehead atoms. The molecule has 0 amide bonds. The molecular weight excluding hydrogens is 222 g/mol. The van der Waals surface area contributed by atoms with E-state index in [1.165, 1.54) is 11.8 Å². The van der Waals surface area contributed by atoms with Crippen molar-refractivity contribution in [1.29, 1.82) is 0 Å². The highest BCUT2D eigenvalue weighted by atomic mass is 16.3. The smallest absolute Gasteiger partial charge is 0.0705 e. The van der Waals surface area contributed by atoms with Gasteiger partial charge in [-0.3, -0.25) is 4.98 Å². The SMILES string of the molecule is OC1CCCC(Cc2ccc3ccccc3n2)C1. The first-order valence-electron chi connectivity index (χ1n) is 6.84. The zero-order valence-corrected chi connectivity index (χ0v) is 10.5. The maximum atomic E-state index is 9.71. The summed E-state index contributed by atoms with van der Waals surface area (Å²) in [5.74, 6) is 0.599. The van der Waals surface area contributed by atoms with Gasteiger partial charge in [0.05, 0.1) is 11.6 Å². The van der Waals surface area contributed by atoms with E-state index in [-0.39, 0.29) is 6.10 Å². The van der Waals surface area contributed by atoms with Crippen LogP contribution >= 0.6 is 0 Å². The lowest BCUT2D eigenvalue weighted by atomic mass is 9.84. The predicted molar refractivity (Wildman–Crippen MR) is 73.4 cm³/mol. The molecule has 2 nitrogen and oxygen atoms in total. The summed E-state index contributed by atoms with van der Waals surface area (Å²) in [6.07, 6.45) is 5.20. The largest absolute Gasteiger partial charge is 0.393 e. The number of rotatable bonds is 2. The molecule has 1 aliphatic rings. The Balaban J connectivity index is 1.78. The number of aliphatic hydroxyl groups is 1. The monoisotopic (exact) mass is 241 g/mol. The molecule has 94 valence electrons. The van der Waals surface area contributed by atoms with Gasteiger partial charge in [0.2, 0.25) is 0 Å². The number of nitrogens with zero attached hydrogens (tertiary/aromatic N) is 1. The van der Waals surface area contributed by atoms with Crippen molar-refractivity contribution in [2.45, 2.75) is 38.2 Å². The summed E-state index contributed by atoms with van der Waals surface area (Å²) in [5.41, 5.74) is 2.24. The van der Waals surface area contributed by atoms with E-state index in [2.05, 4.69) is 24.3 Å². The van der Waals surface area contributed by atoms with Crippen LogP contribution in [-0.2, 0) is 6.42 Å². The number of para-hydroxylation sites is 1. The van der Waals surface area contributed by atoms with Crippen molar-refractivity contribution in [3.63, 3.8) is 0 Å². The molecule has 1 aromatic carbocycles. The van der Waals surface area contributed by atoms with E-state index in [9.17, 15) is 5.11 Å². The molecule has 1 N–H and O–H groups in total. The number of hydrogen-bond donors (Lipinski definition) is 1. The summed E-state index contributed by atoms with van der Waals surface area (Å²) < 4.78 is 0. The third-order valence-corrected chi connectivity index (χ3v) is 3.91. The molecule has 0 aliphatic heterocycles. The maximum absolute atomic E-state index is 9.71. The first kappa shape index (κ1) is 11.7. The first-order chi connectivity index (χ1) is 8.81. The molecule has 2 unspecified atom stereocenters. The van der Waals surface area contributed by atoms with Gasteiger partial charge in [-0.25, -0.2) is 0 Å². The Hall–Kier alpha value is -1.41. The van der Waals surface area contributed by atoms with E-state index in [0.29, 0.717) is 5.92 Å². The van der Waals surface area contributed by atoms with Crippen LogP contribution in [-0.4, -0.2) is 16.2 Å². The van der Waals surface area contributed by atoms with Crippen LogP contribution in [0.4, 0.5) is 0 Å². The highest BCUT2D eigenvalue weighted by molar-refractivity contribution is 5.78. The van der Waals surface area contributed by atoms with Gasteiger partial charge in [-0.15, -0.1) is 0 Å². The molecule has 1 saturated carbocycles.